The van der Waals surface area contributed by atoms with Crippen LogP contribution in [0.4, 0.5) is 0 Å². The van der Waals surface area contributed by atoms with E-state index in [1.807, 2.05) is 11.7 Å². The highest BCUT2D eigenvalue weighted by Gasteiger charge is 2.13. The van der Waals surface area contributed by atoms with E-state index in [2.05, 4.69) is 31.2 Å². The van der Waals surface area contributed by atoms with Crippen molar-refractivity contribution in [2.45, 2.75) is 45.5 Å². The SMILES string of the molecule is CCc1nn(C)c(CNCC(Cl)CC(C)C)c1Cl. The molecular formula is C13H23Cl2N3. The molecule has 0 aromatic carbocycles. The molecule has 1 rings (SSSR count). The van der Waals surface area contributed by atoms with Gasteiger partial charge in [0, 0.05) is 25.5 Å². The van der Waals surface area contributed by atoms with Crippen LogP contribution in [-0.4, -0.2) is 21.7 Å². The van der Waals surface area contributed by atoms with Crippen molar-refractivity contribution in [1.29, 1.82) is 0 Å². The maximum absolute atomic E-state index is 6.27. The highest BCUT2D eigenvalue weighted by atomic mass is 35.5. The zero-order valence-electron chi connectivity index (χ0n) is 11.6. The predicted octanol–water partition coefficient (Wildman–Crippen LogP) is 3.38. The number of rotatable bonds is 7. The lowest BCUT2D eigenvalue weighted by Crippen LogP contribution is -2.25. The second-order valence-corrected chi connectivity index (χ2v) is 6.04. The van der Waals surface area contributed by atoms with E-state index >= 15 is 0 Å². The van der Waals surface area contributed by atoms with E-state index in [4.69, 9.17) is 23.2 Å². The molecule has 1 aromatic heterocycles. The van der Waals surface area contributed by atoms with Crippen molar-refractivity contribution in [2.24, 2.45) is 13.0 Å². The van der Waals surface area contributed by atoms with E-state index in [0.29, 0.717) is 12.5 Å². The molecule has 0 saturated heterocycles. The van der Waals surface area contributed by atoms with Gasteiger partial charge in [0.2, 0.25) is 0 Å². The minimum Gasteiger partial charge on any atom is -0.310 e. The Bertz CT molecular complexity index is 375. The third-order valence-electron chi connectivity index (χ3n) is 2.89. The highest BCUT2D eigenvalue weighted by molar-refractivity contribution is 6.31. The lowest BCUT2D eigenvalue weighted by atomic mass is 10.1. The first kappa shape index (κ1) is 15.8. The minimum absolute atomic E-state index is 0.169. The van der Waals surface area contributed by atoms with Gasteiger partial charge in [-0.15, -0.1) is 11.6 Å². The molecule has 1 unspecified atom stereocenters. The summed E-state index contributed by atoms with van der Waals surface area (Å²) in [7, 11) is 1.92. The molecule has 3 nitrogen and oxygen atoms in total. The summed E-state index contributed by atoms with van der Waals surface area (Å²) in [5.74, 6) is 0.626. The quantitative estimate of drug-likeness (QED) is 0.781. The summed E-state index contributed by atoms with van der Waals surface area (Å²) in [6, 6.07) is 0. The Hall–Kier alpha value is -0.250. The molecule has 1 heterocycles. The molecular weight excluding hydrogens is 269 g/mol. The van der Waals surface area contributed by atoms with Crippen molar-refractivity contribution in [3.8, 4) is 0 Å². The van der Waals surface area contributed by atoms with Crippen LogP contribution in [0.3, 0.4) is 0 Å². The van der Waals surface area contributed by atoms with Gasteiger partial charge in [-0.3, -0.25) is 4.68 Å². The van der Waals surface area contributed by atoms with Gasteiger partial charge >= 0.3 is 0 Å². The van der Waals surface area contributed by atoms with Crippen molar-refractivity contribution in [3.63, 3.8) is 0 Å². The van der Waals surface area contributed by atoms with Crippen LogP contribution in [-0.2, 0) is 20.0 Å². The molecule has 5 heteroatoms. The van der Waals surface area contributed by atoms with Gasteiger partial charge in [-0.05, 0) is 18.8 Å². The molecule has 0 radical (unpaired) electrons. The van der Waals surface area contributed by atoms with Crippen molar-refractivity contribution < 1.29 is 0 Å². The normalized spacial score (nSPS) is 13.3. The first-order chi connectivity index (χ1) is 8.45. The van der Waals surface area contributed by atoms with E-state index in [9.17, 15) is 0 Å². The summed E-state index contributed by atoms with van der Waals surface area (Å²) in [6.45, 7) is 7.93. The van der Waals surface area contributed by atoms with E-state index in [-0.39, 0.29) is 5.38 Å². The number of alkyl halides is 1. The van der Waals surface area contributed by atoms with Gasteiger partial charge < -0.3 is 5.32 Å². The van der Waals surface area contributed by atoms with Gasteiger partial charge in [0.05, 0.1) is 16.4 Å². The maximum atomic E-state index is 6.27. The number of aryl methyl sites for hydroxylation is 2. The number of hydrogen-bond acceptors (Lipinski definition) is 2. The topological polar surface area (TPSA) is 29.9 Å². The number of hydrogen-bond donors (Lipinski definition) is 1. The monoisotopic (exact) mass is 291 g/mol. The van der Waals surface area contributed by atoms with Gasteiger partial charge in [-0.1, -0.05) is 32.4 Å². The van der Waals surface area contributed by atoms with Crippen LogP contribution in [0.2, 0.25) is 5.02 Å². The second kappa shape index (κ2) is 7.37. The lowest BCUT2D eigenvalue weighted by Gasteiger charge is -2.13. The van der Waals surface area contributed by atoms with Crippen LogP contribution >= 0.6 is 23.2 Å². The first-order valence-electron chi connectivity index (χ1n) is 6.50. The van der Waals surface area contributed by atoms with Gasteiger partial charge in [0.25, 0.3) is 0 Å². The molecule has 0 spiro atoms. The van der Waals surface area contributed by atoms with E-state index in [0.717, 1.165) is 35.8 Å². The first-order valence-corrected chi connectivity index (χ1v) is 7.32. The summed E-state index contributed by atoms with van der Waals surface area (Å²) < 4.78 is 1.85. The van der Waals surface area contributed by atoms with Crippen LogP contribution in [0.5, 0.6) is 0 Å². The van der Waals surface area contributed by atoms with Gasteiger partial charge in [0.1, 0.15) is 0 Å². The van der Waals surface area contributed by atoms with Crippen LogP contribution < -0.4 is 5.32 Å². The van der Waals surface area contributed by atoms with Crippen LogP contribution in [0, 0.1) is 5.92 Å². The summed E-state index contributed by atoms with van der Waals surface area (Å²) in [5, 5.41) is 8.68. The third kappa shape index (κ3) is 4.45. The Morgan fingerprint density at radius 3 is 2.56 bits per heavy atom. The largest absolute Gasteiger partial charge is 0.310 e. The summed E-state index contributed by atoms with van der Waals surface area (Å²) in [4.78, 5) is 0. The average molecular weight is 292 g/mol. The molecule has 0 bridgehead atoms. The molecule has 0 amide bonds. The molecule has 0 saturated carbocycles. The third-order valence-corrected chi connectivity index (χ3v) is 3.66. The number of halogens is 2. The fourth-order valence-electron chi connectivity index (χ4n) is 1.95. The Morgan fingerprint density at radius 2 is 2.06 bits per heavy atom. The number of nitrogens with one attached hydrogen (secondary N) is 1. The van der Waals surface area contributed by atoms with Crippen molar-refractivity contribution in [1.82, 2.24) is 15.1 Å². The van der Waals surface area contributed by atoms with Gasteiger partial charge in [-0.2, -0.15) is 5.10 Å². The van der Waals surface area contributed by atoms with Crippen LogP contribution in [0.25, 0.3) is 0 Å². The summed E-state index contributed by atoms with van der Waals surface area (Å²) in [5.41, 5.74) is 1.99. The molecule has 1 aromatic rings. The Balaban J connectivity index is 2.46. The fourth-order valence-corrected chi connectivity index (χ4v) is 2.78. The zero-order valence-corrected chi connectivity index (χ0v) is 13.1. The Morgan fingerprint density at radius 1 is 1.39 bits per heavy atom. The molecule has 0 aliphatic heterocycles. The predicted molar refractivity (Wildman–Crippen MR) is 78.4 cm³/mol. The van der Waals surface area contributed by atoms with E-state index in [1.54, 1.807) is 0 Å². The molecule has 0 aliphatic rings. The van der Waals surface area contributed by atoms with Crippen LogP contribution in [0.1, 0.15) is 38.6 Å². The molecule has 104 valence electrons. The maximum Gasteiger partial charge on any atom is 0.0863 e. The molecule has 1 atom stereocenters. The van der Waals surface area contributed by atoms with Crippen molar-refractivity contribution in [2.75, 3.05) is 6.54 Å². The smallest absolute Gasteiger partial charge is 0.0863 e. The van der Waals surface area contributed by atoms with E-state index in [1.165, 1.54) is 0 Å². The molecule has 0 aliphatic carbocycles. The van der Waals surface area contributed by atoms with Crippen LogP contribution in [0.15, 0.2) is 0 Å². The van der Waals surface area contributed by atoms with E-state index < -0.39 is 0 Å². The summed E-state index contributed by atoms with van der Waals surface area (Å²) in [6.07, 6.45) is 1.88. The van der Waals surface area contributed by atoms with Crippen molar-refractivity contribution in [3.05, 3.63) is 16.4 Å². The highest BCUT2D eigenvalue weighted by Crippen LogP contribution is 2.20. The number of aromatic nitrogens is 2. The fraction of sp³-hybridized carbons (Fsp3) is 0.769. The molecule has 0 fully saturated rings. The van der Waals surface area contributed by atoms with Gasteiger partial charge in [0.15, 0.2) is 0 Å². The molecule has 1 N–H and O–H groups in total. The Kier molecular flexibility index (Phi) is 6.47. The second-order valence-electron chi connectivity index (χ2n) is 5.04. The number of nitrogens with zero attached hydrogens (tertiary/aromatic N) is 2. The minimum atomic E-state index is 0.169. The lowest BCUT2D eigenvalue weighted by molar-refractivity contribution is 0.526. The Labute approximate surface area is 120 Å². The van der Waals surface area contributed by atoms with Crippen molar-refractivity contribution >= 4 is 23.2 Å². The summed E-state index contributed by atoms with van der Waals surface area (Å²) >= 11 is 12.5. The van der Waals surface area contributed by atoms with Gasteiger partial charge in [-0.25, -0.2) is 0 Å². The zero-order chi connectivity index (χ0) is 13.7. The average Bonchev–Trinajstić information content (AvgIpc) is 2.55. The standard InChI is InChI=1S/C13H23Cl2N3/c1-5-11-13(15)12(18(4)17-11)8-16-7-10(14)6-9(2)3/h9-10,16H,5-8H2,1-4H3. The molecule has 18 heavy (non-hydrogen) atoms.